The molecular weight excluding hydrogens is 422 g/mol. The van der Waals surface area contributed by atoms with Gasteiger partial charge in [0.1, 0.15) is 5.75 Å². The maximum atomic E-state index is 13.0. The quantitative estimate of drug-likeness (QED) is 0.572. The van der Waals surface area contributed by atoms with Crippen LogP contribution in [0.1, 0.15) is 48.9 Å². The van der Waals surface area contributed by atoms with Crippen LogP contribution in [0.15, 0.2) is 58.4 Å². The molecule has 8 nitrogen and oxygen atoms in total. The summed E-state index contributed by atoms with van der Waals surface area (Å²) in [6, 6.07) is 14.3. The van der Waals surface area contributed by atoms with E-state index in [4.69, 9.17) is 9.84 Å². The lowest BCUT2D eigenvalue weighted by Gasteiger charge is -2.21. The van der Waals surface area contributed by atoms with Crippen molar-refractivity contribution in [2.45, 2.75) is 39.2 Å². The van der Waals surface area contributed by atoms with Crippen LogP contribution in [0.4, 0.5) is 0 Å². The van der Waals surface area contributed by atoms with Crippen LogP contribution in [0.2, 0.25) is 0 Å². The third kappa shape index (κ3) is 4.79. The van der Waals surface area contributed by atoms with Gasteiger partial charge in [0.25, 0.3) is 5.56 Å². The molecule has 0 saturated carbocycles. The van der Waals surface area contributed by atoms with Crippen LogP contribution in [0.3, 0.4) is 0 Å². The third-order valence-electron chi connectivity index (χ3n) is 5.62. The van der Waals surface area contributed by atoms with Crippen LogP contribution in [-0.4, -0.2) is 39.3 Å². The van der Waals surface area contributed by atoms with Crippen molar-refractivity contribution in [2.75, 3.05) is 6.61 Å². The molecule has 1 aliphatic rings. The molecule has 0 spiro atoms. The summed E-state index contributed by atoms with van der Waals surface area (Å²) in [5.41, 5.74) is 3.37. The van der Waals surface area contributed by atoms with E-state index < -0.39 is 17.9 Å². The molecule has 1 atom stereocenters. The number of carbonyl (C=O) groups excluding carboxylic acids is 1. The highest BCUT2D eigenvalue weighted by Crippen LogP contribution is 2.33. The number of H-pyrrole nitrogens is 1. The van der Waals surface area contributed by atoms with E-state index in [1.807, 2.05) is 44.2 Å². The van der Waals surface area contributed by atoms with Gasteiger partial charge in [-0.15, -0.1) is 0 Å². The molecule has 1 unspecified atom stereocenters. The van der Waals surface area contributed by atoms with E-state index in [1.165, 1.54) is 5.01 Å². The number of aromatic amines is 1. The lowest BCUT2D eigenvalue weighted by molar-refractivity contribution is -0.141. The predicted octanol–water partition coefficient (Wildman–Crippen LogP) is 3.78. The zero-order valence-electron chi connectivity index (χ0n) is 18.5. The molecule has 1 amide bonds. The minimum absolute atomic E-state index is 0.198. The maximum Gasteiger partial charge on any atom is 0.303 e. The van der Waals surface area contributed by atoms with E-state index in [9.17, 15) is 14.4 Å². The predicted molar refractivity (Wildman–Crippen MR) is 125 cm³/mol. The van der Waals surface area contributed by atoms with E-state index >= 15 is 0 Å². The minimum Gasteiger partial charge on any atom is -0.494 e. The molecule has 170 valence electrons. The number of hydrogen-bond acceptors (Lipinski definition) is 5. The van der Waals surface area contributed by atoms with Gasteiger partial charge in [-0.25, -0.2) is 5.01 Å². The summed E-state index contributed by atoms with van der Waals surface area (Å²) in [6.07, 6.45) is -0.151. The second-order valence-corrected chi connectivity index (χ2v) is 8.00. The van der Waals surface area contributed by atoms with E-state index in [-0.39, 0.29) is 18.4 Å². The number of hydrogen-bond donors (Lipinski definition) is 2. The number of carboxylic acids is 1. The zero-order chi connectivity index (χ0) is 23.5. The summed E-state index contributed by atoms with van der Waals surface area (Å²) in [7, 11) is 0. The molecule has 4 rings (SSSR count). The zero-order valence-corrected chi connectivity index (χ0v) is 18.5. The van der Waals surface area contributed by atoms with Crippen LogP contribution in [0.5, 0.6) is 5.75 Å². The number of ether oxygens (including phenoxy) is 1. The van der Waals surface area contributed by atoms with Crippen molar-refractivity contribution in [3.05, 3.63) is 75.6 Å². The molecule has 0 aliphatic carbocycles. The number of fused-ring (bicyclic) bond motifs is 1. The average molecular weight is 447 g/mol. The fourth-order valence-corrected chi connectivity index (χ4v) is 3.94. The van der Waals surface area contributed by atoms with Crippen LogP contribution in [-0.2, 0) is 9.59 Å². The van der Waals surface area contributed by atoms with Crippen LogP contribution < -0.4 is 10.3 Å². The van der Waals surface area contributed by atoms with Gasteiger partial charge in [-0.05, 0) is 43.7 Å². The molecular formula is C25H25N3O5. The van der Waals surface area contributed by atoms with Crippen molar-refractivity contribution in [3.63, 3.8) is 0 Å². The molecule has 1 aliphatic heterocycles. The molecule has 2 aromatic carbocycles. The van der Waals surface area contributed by atoms with Gasteiger partial charge in [0, 0.05) is 29.3 Å². The third-order valence-corrected chi connectivity index (χ3v) is 5.62. The Bertz CT molecular complexity index is 1290. The summed E-state index contributed by atoms with van der Waals surface area (Å²) in [5, 5.41) is 15.6. The highest BCUT2D eigenvalue weighted by Gasteiger charge is 2.34. The molecule has 1 aromatic heterocycles. The Morgan fingerprint density at radius 3 is 2.61 bits per heavy atom. The lowest BCUT2D eigenvalue weighted by Crippen LogP contribution is -2.31. The number of carboxylic acid groups (broad SMARTS) is 1. The normalized spacial score (nSPS) is 15.5. The Kier molecular flexibility index (Phi) is 6.26. The number of aryl methyl sites for hydroxylation is 1. The Morgan fingerprint density at radius 1 is 1.15 bits per heavy atom. The molecule has 0 fully saturated rings. The number of pyridine rings is 1. The van der Waals surface area contributed by atoms with Gasteiger partial charge in [-0.1, -0.05) is 29.8 Å². The first-order valence-electron chi connectivity index (χ1n) is 10.8. The molecule has 0 saturated heterocycles. The highest BCUT2D eigenvalue weighted by molar-refractivity contribution is 6.03. The molecule has 33 heavy (non-hydrogen) atoms. The second-order valence-electron chi connectivity index (χ2n) is 8.00. The first kappa shape index (κ1) is 22.3. The fourth-order valence-electron chi connectivity index (χ4n) is 3.94. The average Bonchev–Trinajstić information content (AvgIpc) is 3.23. The Balaban J connectivity index is 1.74. The van der Waals surface area contributed by atoms with Crippen molar-refractivity contribution < 1.29 is 19.4 Å². The van der Waals surface area contributed by atoms with Crippen LogP contribution in [0, 0.1) is 6.92 Å². The summed E-state index contributed by atoms with van der Waals surface area (Å²) in [6.45, 7) is 4.39. The SMILES string of the molecule is CCOc1ccc2[nH]c(=O)c(C3CC(c4ccc(C)cc4)=NN3C(=O)CCC(=O)O)cc2c1. The number of amides is 1. The fraction of sp³-hybridized carbons (Fsp3) is 0.280. The number of nitrogens with one attached hydrogen (secondary N) is 1. The molecule has 2 N–H and O–H groups in total. The number of rotatable bonds is 7. The largest absolute Gasteiger partial charge is 0.494 e. The Hall–Kier alpha value is -3.94. The molecule has 2 heterocycles. The standard InChI is InChI=1S/C25H25N3O5/c1-3-33-18-8-9-20-17(12-18)13-19(25(32)26-20)22-14-21(16-6-4-15(2)5-7-16)27-28(22)23(29)10-11-24(30)31/h4-9,12-13,22H,3,10-11,14H2,1-2H3,(H,26,32)(H,30,31). The van der Waals surface area contributed by atoms with Gasteiger partial charge >= 0.3 is 5.97 Å². The van der Waals surface area contributed by atoms with Gasteiger partial charge < -0.3 is 14.8 Å². The monoisotopic (exact) mass is 447 g/mol. The first-order valence-corrected chi connectivity index (χ1v) is 10.8. The number of aromatic nitrogens is 1. The highest BCUT2D eigenvalue weighted by atomic mass is 16.5. The number of aliphatic carboxylic acids is 1. The van der Waals surface area contributed by atoms with Crippen molar-refractivity contribution in [1.29, 1.82) is 0 Å². The minimum atomic E-state index is -1.06. The maximum absolute atomic E-state index is 13.0. The number of hydrazone groups is 1. The molecule has 0 bridgehead atoms. The Labute approximate surface area is 190 Å². The summed E-state index contributed by atoms with van der Waals surface area (Å²) >= 11 is 0. The smallest absolute Gasteiger partial charge is 0.303 e. The van der Waals surface area contributed by atoms with E-state index in [0.717, 1.165) is 16.5 Å². The van der Waals surface area contributed by atoms with Crippen molar-refractivity contribution in [1.82, 2.24) is 9.99 Å². The van der Waals surface area contributed by atoms with Crippen molar-refractivity contribution >= 4 is 28.5 Å². The van der Waals surface area contributed by atoms with Gasteiger partial charge in [0.05, 0.1) is 24.8 Å². The summed E-state index contributed by atoms with van der Waals surface area (Å²) in [5.74, 6) is -0.818. The molecule has 8 heteroatoms. The topological polar surface area (TPSA) is 112 Å². The number of carbonyl (C=O) groups is 2. The van der Waals surface area contributed by atoms with Gasteiger partial charge in [0.2, 0.25) is 5.91 Å². The second kappa shape index (κ2) is 9.28. The summed E-state index contributed by atoms with van der Waals surface area (Å²) < 4.78 is 5.57. The summed E-state index contributed by atoms with van der Waals surface area (Å²) in [4.78, 5) is 39.8. The van der Waals surface area contributed by atoms with Gasteiger partial charge in [-0.2, -0.15) is 5.10 Å². The Morgan fingerprint density at radius 2 is 1.91 bits per heavy atom. The van der Waals surface area contributed by atoms with E-state index in [0.29, 0.717) is 35.6 Å². The lowest BCUT2D eigenvalue weighted by atomic mass is 9.97. The van der Waals surface area contributed by atoms with Gasteiger partial charge in [0.15, 0.2) is 0 Å². The van der Waals surface area contributed by atoms with Gasteiger partial charge in [-0.3, -0.25) is 14.4 Å². The number of nitrogens with zero attached hydrogens (tertiary/aromatic N) is 2. The van der Waals surface area contributed by atoms with E-state index in [1.54, 1.807) is 18.2 Å². The number of benzene rings is 2. The van der Waals surface area contributed by atoms with Crippen molar-refractivity contribution in [3.8, 4) is 5.75 Å². The van der Waals surface area contributed by atoms with Crippen LogP contribution in [0.25, 0.3) is 10.9 Å². The molecule has 0 radical (unpaired) electrons. The van der Waals surface area contributed by atoms with Crippen LogP contribution >= 0.6 is 0 Å². The van der Waals surface area contributed by atoms with Crippen molar-refractivity contribution in [2.24, 2.45) is 5.10 Å². The first-order chi connectivity index (χ1) is 15.9. The van der Waals surface area contributed by atoms with E-state index in [2.05, 4.69) is 10.1 Å². The molecule has 3 aromatic rings.